The molecule has 1 aliphatic carbocycles. The Bertz CT molecular complexity index is 199. The van der Waals surface area contributed by atoms with Gasteiger partial charge in [0.25, 0.3) is 5.92 Å². The van der Waals surface area contributed by atoms with E-state index < -0.39 is 11.5 Å². The SMILES string of the molecule is CC(C)C1(O)C=CC(F)(F)CC1. The van der Waals surface area contributed by atoms with E-state index in [-0.39, 0.29) is 18.8 Å². The molecule has 0 amide bonds. The number of aliphatic hydroxyl groups is 1. The summed E-state index contributed by atoms with van der Waals surface area (Å²) in [6, 6.07) is 0. The zero-order valence-corrected chi connectivity index (χ0v) is 7.35. The maximum absolute atomic E-state index is 12.6. The second-order valence-corrected chi connectivity index (χ2v) is 3.74. The van der Waals surface area contributed by atoms with Crippen LogP contribution in [0.3, 0.4) is 0 Å². The van der Waals surface area contributed by atoms with Crippen molar-refractivity contribution in [2.24, 2.45) is 5.92 Å². The van der Waals surface area contributed by atoms with Crippen molar-refractivity contribution in [2.45, 2.75) is 38.2 Å². The third kappa shape index (κ3) is 1.83. The largest absolute Gasteiger partial charge is 0.386 e. The van der Waals surface area contributed by atoms with Crippen molar-refractivity contribution in [3.63, 3.8) is 0 Å². The van der Waals surface area contributed by atoms with Crippen molar-refractivity contribution in [1.29, 1.82) is 0 Å². The van der Waals surface area contributed by atoms with E-state index in [1.54, 1.807) is 0 Å². The first-order chi connectivity index (χ1) is 5.36. The Balaban J connectivity index is 2.77. The highest BCUT2D eigenvalue weighted by molar-refractivity contribution is 5.12. The van der Waals surface area contributed by atoms with Gasteiger partial charge in [-0.1, -0.05) is 19.9 Å². The van der Waals surface area contributed by atoms with Crippen molar-refractivity contribution >= 4 is 0 Å². The van der Waals surface area contributed by atoms with Crippen LogP contribution in [0.1, 0.15) is 26.7 Å². The quantitative estimate of drug-likeness (QED) is 0.608. The molecule has 0 aromatic heterocycles. The Labute approximate surface area is 71.1 Å². The molecule has 0 aliphatic heterocycles. The Hall–Kier alpha value is -0.440. The van der Waals surface area contributed by atoms with Crippen LogP contribution >= 0.6 is 0 Å². The maximum atomic E-state index is 12.6. The summed E-state index contributed by atoms with van der Waals surface area (Å²) in [5.74, 6) is -2.73. The van der Waals surface area contributed by atoms with E-state index >= 15 is 0 Å². The third-order valence-electron chi connectivity index (χ3n) is 2.47. The number of halogens is 2. The van der Waals surface area contributed by atoms with Gasteiger partial charge < -0.3 is 5.11 Å². The molecule has 0 aromatic carbocycles. The van der Waals surface area contributed by atoms with E-state index in [1.807, 2.05) is 13.8 Å². The molecule has 1 N–H and O–H groups in total. The number of allylic oxidation sites excluding steroid dienone is 1. The lowest BCUT2D eigenvalue weighted by molar-refractivity contribution is -0.0312. The average Bonchev–Trinajstić information content (AvgIpc) is 1.96. The summed E-state index contributed by atoms with van der Waals surface area (Å²) in [4.78, 5) is 0. The van der Waals surface area contributed by atoms with Crippen molar-refractivity contribution in [2.75, 3.05) is 0 Å². The van der Waals surface area contributed by atoms with Crippen LogP contribution < -0.4 is 0 Å². The van der Waals surface area contributed by atoms with Crippen molar-refractivity contribution in [1.82, 2.24) is 0 Å². The van der Waals surface area contributed by atoms with Crippen LogP contribution in [0.2, 0.25) is 0 Å². The first-order valence-electron chi connectivity index (χ1n) is 4.16. The second-order valence-electron chi connectivity index (χ2n) is 3.74. The van der Waals surface area contributed by atoms with E-state index in [0.717, 1.165) is 6.08 Å². The van der Waals surface area contributed by atoms with Crippen LogP contribution in [0.4, 0.5) is 8.78 Å². The van der Waals surface area contributed by atoms with Gasteiger partial charge in [0.2, 0.25) is 0 Å². The second kappa shape index (κ2) is 2.80. The molecule has 0 radical (unpaired) electrons. The van der Waals surface area contributed by atoms with Crippen LogP contribution in [0.25, 0.3) is 0 Å². The molecule has 3 heteroatoms. The predicted molar refractivity (Wildman–Crippen MR) is 43.1 cm³/mol. The lowest BCUT2D eigenvalue weighted by Gasteiger charge is -2.33. The molecular formula is C9H14F2O. The molecule has 12 heavy (non-hydrogen) atoms. The normalized spacial score (nSPS) is 34.2. The number of hydrogen-bond donors (Lipinski definition) is 1. The number of alkyl halides is 2. The van der Waals surface area contributed by atoms with E-state index in [2.05, 4.69) is 0 Å². The van der Waals surface area contributed by atoms with Crippen LogP contribution in [-0.4, -0.2) is 16.6 Å². The monoisotopic (exact) mass is 176 g/mol. The summed E-state index contributed by atoms with van der Waals surface area (Å²) >= 11 is 0. The highest BCUT2D eigenvalue weighted by Crippen LogP contribution is 2.36. The average molecular weight is 176 g/mol. The van der Waals surface area contributed by atoms with Crippen molar-refractivity contribution < 1.29 is 13.9 Å². The Morgan fingerprint density at radius 1 is 1.25 bits per heavy atom. The minimum atomic E-state index is -2.72. The summed E-state index contributed by atoms with van der Waals surface area (Å²) in [7, 11) is 0. The summed E-state index contributed by atoms with van der Waals surface area (Å²) in [5, 5.41) is 9.76. The third-order valence-corrected chi connectivity index (χ3v) is 2.47. The van der Waals surface area contributed by atoms with E-state index in [0.29, 0.717) is 0 Å². The van der Waals surface area contributed by atoms with Gasteiger partial charge in [0.15, 0.2) is 0 Å². The van der Waals surface area contributed by atoms with Gasteiger partial charge in [-0.3, -0.25) is 0 Å². The molecule has 0 spiro atoms. The van der Waals surface area contributed by atoms with Gasteiger partial charge in [-0.25, -0.2) is 8.78 Å². The molecule has 0 heterocycles. The highest BCUT2D eigenvalue weighted by Gasteiger charge is 2.38. The van der Waals surface area contributed by atoms with Gasteiger partial charge in [-0.05, 0) is 18.4 Å². The molecule has 1 unspecified atom stereocenters. The van der Waals surface area contributed by atoms with Crippen molar-refractivity contribution in [3.8, 4) is 0 Å². The fraction of sp³-hybridized carbons (Fsp3) is 0.778. The van der Waals surface area contributed by atoms with Crippen LogP contribution in [0, 0.1) is 5.92 Å². The molecule has 1 nitrogen and oxygen atoms in total. The molecule has 0 aromatic rings. The molecule has 0 fully saturated rings. The topological polar surface area (TPSA) is 20.2 Å². The standard InChI is InChI=1S/C9H14F2O/c1-7(2)8(12)3-5-9(10,11)6-4-8/h3,5,7,12H,4,6H2,1-2H3. The fourth-order valence-corrected chi connectivity index (χ4v) is 1.28. The Morgan fingerprint density at radius 3 is 2.17 bits per heavy atom. The number of hydrogen-bond acceptors (Lipinski definition) is 1. The molecule has 1 atom stereocenters. The lowest BCUT2D eigenvalue weighted by Crippen LogP contribution is -2.38. The Kier molecular flexibility index (Phi) is 2.25. The predicted octanol–water partition coefficient (Wildman–Crippen LogP) is 2.36. The van der Waals surface area contributed by atoms with Gasteiger partial charge in [-0.2, -0.15) is 0 Å². The zero-order valence-electron chi connectivity index (χ0n) is 7.35. The van der Waals surface area contributed by atoms with E-state index in [4.69, 9.17) is 0 Å². The first-order valence-corrected chi connectivity index (χ1v) is 4.16. The van der Waals surface area contributed by atoms with Gasteiger partial charge >= 0.3 is 0 Å². The van der Waals surface area contributed by atoms with Gasteiger partial charge in [0, 0.05) is 6.42 Å². The van der Waals surface area contributed by atoms with Gasteiger partial charge in [0.1, 0.15) is 0 Å². The molecule has 1 aliphatic rings. The van der Waals surface area contributed by atoms with Crippen molar-refractivity contribution in [3.05, 3.63) is 12.2 Å². The van der Waals surface area contributed by atoms with Crippen LogP contribution in [0.15, 0.2) is 12.2 Å². The molecule has 70 valence electrons. The lowest BCUT2D eigenvalue weighted by atomic mass is 9.81. The van der Waals surface area contributed by atoms with Gasteiger partial charge in [0.05, 0.1) is 5.60 Å². The zero-order chi connectivity index (χ0) is 9.41. The van der Waals surface area contributed by atoms with E-state index in [9.17, 15) is 13.9 Å². The molecule has 1 rings (SSSR count). The molecule has 0 saturated carbocycles. The summed E-state index contributed by atoms with van der Waals surface area (Å²) in [6.07, 6.45) is 1.95. The first kappa shape index (κ1) is 9.65. The molecule has 0 bridgehead atoms. The summed E-state index contributed by atoms with van der Waals surface area (Å²) < 4.78 is 25.2. The summed E-state index contributed by atoms with van der Waals surface area (Å²) in [5.41, 5.74) is -1.03. The minimum absolute atomic E-state index is 0.00940. The smallest absolute Gasteiger partial charge is 0.266 e. The Morgan fingerprint density at radius 2 is 1.83 bits per heavy atom. The summed E-state index contributed by atoms with van der Waals surface area (Å²) in [6.45, 7) is 3.65. The van der Waals surface area contributed by atoms with Gasteiger partial charge in [-0.15, -0.1) is 0 Å². The fourth-order valence-electron chi connectivity index (χ4n) is 1.28. The van der Waals surface area contributed by atoms with E-state index in [1.165, 1.54) is 6.08 Å². The van der Waals surface area contributed by atoms with Crippen LogP contribution in [0.5, 0.6) is 0 Å². The molecular weight excluding hydrogens is 162 g/mol. The highest BCUT2D eigenvalue weighted by atomic mass is 19.3. The molecule has 0 saturated heterocycles. The maximum Gasteiger partial charge on any atom is 0.266 e. The van der Waals surface area contributed by atoms with Crippen LogP contribution in [-0.2, 0) is 0 Å². The minimum Gasteiger partial charge on any atom is -0.386 e. The number of rotatable bonds is 1.